The summed E-state index contributed by atoms with van der Waals surface area (Å²) in [4.78, 5) is 12.5. The van der Waals surface area contributed by atoms with Crippen molar-refractivity contribution >= 4 is 15.9 Å². The summed E-state index contributed by atoms with van der Waals surface area (Å²) in [5.41, 5.74) is 0.751. The zero-order chi connectivity index (χ0) is 18.8. The third kappa shape index (κ3) is 6.40. The van der Waals surface area contributed by atoms with Crippen molar-refractivity contribution in [3.8, 4) is 0 Å². The molecule has 1 N–H and O–H groups in total. The van der Waals surface area contributed by atoms with Gasteiger partial charge < -0.3 is 5.32 Å². The highest BCUT2D eigenvalue weighted by Crippen LogP contribution is 2.31. The number of hydrogen-bond acceptors (Lipinski definition) is 3. The van der Waals surface area contributed by atoms with E-state index in [9.17, 15) is 17.6 Å². The molecule has 0 spiro atoms. The monoisotopic (exact) mass is 370 g/mol. The molecule has 5 nitrogen and oxygen atoms in total. The first-order valence-corrected chi connectivity index (χ1v) is 10.3. The second-order valence-electron chi connectivity index (χ2n) is 7.98. The Bertz CT molecular complexity index is 707. The fourth-order valence-corrected chi connectivity index (χ4v) is 3.93. The fourth-order valence-electron chi connectivity index (χ4n) is 2.82. The molecule has 0 aliphatic heterocycles. The van der Waals surface area contributed by atoms with E-state index in [4.69, 9.17) is 0 Å². The summed E-state index contributed by atoms with van der Waals surface area (Å²) in [5.74, 6) is -0.669. The zero-order valence-corrected chi connectivity index (χ0v) is 16.1. The number of halogens is 1. The van der Waals surface area contributed by atoms with Gasteiger partial charge in [-0.15, -0.1) is 0 Å². The maximum absolute atomic E-state index is 13.2. The Labute approximate surface area is 149 Å². The largest absolute Gasteiger partial charge is 0.348 e. The van der Waals surface area contributed by atoms with Crippen molar-refractivity contribution in [1.82, 2.24) is 9.62 Å². The van der Waals surface area contributed by atoms with Crippen LogP contribution in [0.3, 0.4) is 0 Å². The Morgan fingerprint density at radius 2 is 1.84 bits per heavy atom. The van der Waals surface area contributed by atoms with Gasteiger partial charge in [0.2, 0.25) is 15.9 Å². The van der Waals surface area contributed by atoms with E-state index in [0.717, 1.165) is 24.7 Å². The summed E-state index contributed by atoms with van der Waals surface area (Å²) in [6, 6.07) is 5.68. The minimum atomic E-state index is -3.41. The van der Waals surface area contributed by atoms with E-state index in [1.165, 1.54) is 16.4 Å². The molecule has 1 aromatic carbocycles. The van der Waals surface area contributed by atoms with Crippen molar-refractivity contribution in [3.63, 3.8) is 0 Å². The second kappa shape index (κ2) is 7.41. The first kappa shape index (κ1) is 19.8. The Morgan fingerprint density at radius 3 is 2.28 bits per heavy atom. The van der Waals surface area contributed by atoms with Crippen molar-refractivity contribution in [2.75, 3.05) is 12.8 Å². The van der Waals surface area contributed by atoms with Crippen LogP contribution < -0.4 is 5.32 Å². The van der Waals surface area contributed by atoms with E-state index in [-0.39, 0.29) is 35.8 Å². The quantitative estimate of drug-likeness (QED) is 0.803. The van der Waals surface area contributed by atoms with Crippen molar-refractivity contribution in [2.24, 2.45) is 5.41 Å². The lowest BCUT2D eigenvalue weighted by molar-refractivity contribution is -0.122. The lowest BCUT2D eigenvalue weighted by atomic mass is 9.85. The SMILES string of the molecule is CC(C)(C)CC(NC(=O)CN(C1CC1)S(C)(=O)=O)c1ccc(F)cc1. The van der Waals surface area contributed by atoms with Gasteiger partial charge in [-0.3, -0.25) is 4.79 Å². The molecule has 2 rings (SSSR count). The predicted molar refractivity (Wildman–Crippen MR) is 95.9 cm³/mol. The van der Waals surface area contributed by atoms with E-state index < -0.39 is 10.0 Å². The van der Waals surface area contributed by atoms with Gasteiger partial charge in [-0.05, 0) is 42.4 Å². The molecule has 0 bridgehead atoms. The number of sulfonamides is 1. The number of rotatable bonds is 7. The predicted octanol–water partition coefficient (Wildman–Crippen LogP) is 2.84. The third-order valence-electron chi connectivity index (χ3n) is 4.10. The molecular formula is C18H27FN2O3S. The van der Waals surface area contributed by atoms with Gasteiger partial charge >= 0.3 is 0 Å². The van der Waals surface area contributed by atoms with Gasteiger partial charge in [0.15, 0.2) is 0 Å². The van der Waals surface area contributed by atoms with Crippen LogP contribution in [0.15, 0.2) is 24.3 Å². The maximum Gasteiger partial charge on any atom is 0.235 e. The molecule has 1 aliphatic rings. The Balaban J connectivity index is 2.12. The van der Waals surface area contributed by atoms with Crippen LogP contribution in [0, 0.1) is 11.2 Å². The summed E-state index contributed by atoms with van der Waals surface area (Å²) in [6.07, 6.45) is 3.38. The van der Waals surface area contributed by atoms with Gasteiger partial charge in [0.25, 0.3) is 0 Å². The van der Waals surface area contributed by atoms with Gasteiger partial charge in [-0.1, -0.05) is 32.9 Å². The average Bonchev–Trinajstić information content (AvgIpc) is 3.26. The standard InChI is InChI=1S/C18H27FN2O3S/c1-18(2,3)11-16(13-5-7-14(19)8-6-13)20-17(22)12-21(15-9-10-15)25(4,23)24/h5-8,15-16H,9-12H2,1-4H3,(H,20,22). The van der Waals surface area contributed by atoms with E-state index in [1.807, 2.05) is 0 Å². The smallest absolute Gasteiger partial charge is 0.235 e. The average molecular weight is 370 g/mol. The van der Waals surface area contributed by atoms with E-state index in [0.29, 0.717) is 6.42 Å². The zero-order valence-electron chi connectivity index (χ0n) is 15.3. The number of carbonyl (C=O) groups excluding carboxylic acids is 1. The van der Waals surface area contributed by atoms with Crippen LogP contribution in [-0.4, -0.2) is 37.5 Å². The van der Waals surface area contributed by atoms with Gasteiger partial charge in [-0.25, -0.2) is 12.8 Å². The summed E-state index contributed by atoms with van der Waals surface area (Å²) in [5, 5.41) is 2.93. The van der Waals surface area contributed by atoms with Crippen LogP contribution >= 0.6 is 0 Å². The van der Waals surface area contributed by atoms with Crippen LogP contribution in [0.5, 0.6) is 0 Å². The van der Waals surface area contributed by atoms with Crippen LogP contribution in [0.2, 0.25) is 0 Å². The van der Waals surface area contributed by atoms with Gasteiger partial charge in [0.1, 0.15) is 5.82 Å². The first-order valence-electron chi connectivity index (χ1n) is 8.47. The number of amides is 1. The number of hydrogen-bond donors (Lipinski definition) is 1. The fraction of sp³-hybridized carbons (Fsp3) is 0.611. The van der Waals surface area contributed by atoms with E-state index in [1.54, 1.807) is 12.1 Å². The molecule has 0 radical (unpaired) electrons. The van der Waals surface area contributed by atoms with Gasteiger partial charge in [-0.2, -0.15) is 4.31 Å². The highest BCUT2D eigenvalue weighted by molar-refractivity contribution is 7.88. The van der Waals surface area contributed by atoms with E-state index in [2.05, 4.69) is 26.1 Å². The molecule has 1 amide bonds. The minimum Gasteiger partial charge on any atom is -0.348 e. The van der Waals surface area contributed by atoms with Crippen LogP contribution in [0.1, 0.15) is 51.6 Å². The molecule has 1 atom stereocenters. The molecule has 1 saturated carbocycles. The lowest BCUT2D eigenvalue weighted by Crippen LogP contribution is -2.43. The van der Waals surface area contributed by atoms with Crippen molar-refractivity contribution in [3.05, 3.63) is 35.6 Å². The molecule has 0 heterocycles. The van der Waals surface area contributed by atoms with Crippen molar-refractivity contribution < 1.29 is 17.6 Å². The highest BCUT2D eigenvalue weighted by atomic mass is 32.2. The maximum atomic E-state index is 13.2. The summed E-state index contributed by atoms with van der Waals surface area (Å²) in [6.45, 7) is 6.00. The summed E-state index contributed by atoms with van der Waals surface area (Å²) >= 11 is 0. The highest BCUT2D eigenvalue weighted by Gasteiger charge is 2.36. The number of nitrogens with one attached hydrogen (secondary N) is 1. The van der Waals surface area contributed by atoms with Gasteiger partial charge in [0.05, 0.1) is 18.8 Å². The van der Waals surface area contributed by atoms with Crippen LogP contribution in [0.25, 0.3) is 0 Å². The molecule has 7 heteroatoms. The molecule has 140 valence electrons. The van der Waals surface area contributed by atoms with Gasteiger partial charge in [0, 0.05) is 6.04 Å². The van der Waals surface area contributed by atoms with Crippen molar-refractivity contribution in [1.29, 1.82) is 0 Å². The number of carbonyl (C=O) groups is 1. The van der Waals surface area contributed by atoms with Crippen molar-refractivity contribution in [2.45, 2.75) is 52.1 Å². The lowest BCUT2D eigenvalue weighted by Gasteiger charge is -2.28. The van der Waals surface area contributed by atoms with Crippen LogP contribution in [0.4, 0.5) is 4.39 Å². The summed E-state index contributed by atoms with van der Waals surface area (Å²) in [7, 11) is -3.41. The molecular weight excluding hydrogens is 343 g/mol. The Hall–Kier alpha value is -1.47. The minimum absolute atomic E-state index is 0.0562. The molecule has 0 saturated heterocycles. The van der Waals surface area contributed by atoms with Crippen LogP contribution in [-0.2, 0) is 14.8 Å². The second-order valence-corrected chi connectivity index (χ2v) is 9.91. The molecule has 1 unspecified atom stereocenters. The van der Waals surface area contributed by atoms with E-state index >= 15 is 0 Å². The summed E-state index contributed by atoms with van der Waals surface area (Å²) < 4.78 is 38.2. The first-order chi connectivity index (χ1) is 11.5. The molecule has 0 aromatic heterocycles. The molecule has 1 aliphatic carbocycles. The Morgan fingerprint density at radius 1 is 1.28 bits per heavy atom. The number of benzene rings is 1. The Kier molecular flexibility index (Phi) is 5.89. The third-order valence-corrected chi connectivity index (χ3v) is 5.38. The molecule has 1 aromatic rings. The normalized spacial score (nSPS) is 16.7. The number of nitrogens with zero attached hydrogens (tertiary/aromatic N) is 1. The topological polar surface area (TPSA) is 66.5 Å². The molecule has 25 heavy (non-hydrogen) atoms. The molecule has 1 fully saturated rings.